The molecule has 130 valence electrons. The Bertz CT molecular complexity index is 804. The lowest BCUT2D eigenvalue weighted by molar-refractivity contribution is -0.615. The third-order valence-corrected chi connectivity index (χ3v) is 4.28. The number of benzene rings is 2. The molecular formula is C19H22N3O3+. The molecule has 1 aliphatic rings. The minimum Gasteiger partial charge on any atom is -0.453 e. The Labute approximate surface area is 146 Å². The van der Waals surface area contributed by atoms with Gasteiger partial charge in [-0.05, 0) is 42.2 Å². The summed E-state index contributed by atoms with van der Waals surface area (Å²) in [6, 6.07) is 13.6. The van der Waals surface area contributed by atoms with Gasteiger partial charge in [0.15, 0.2) is 6.54 Å². The number of carbonyl (C=O) groups is 2. The van der Waals surface area contributed by atoms with Crippen LogP contribution >= 0.6 is 0 Å². The van der Waals surface area contributed by atoms with Crippen molar-refractivity contribution in [1.29, 1.82) is 0 Å². The molecule has 0 radical (unpaired) electrons. The average molecular weight is 340 g/mol. The van der Waals surface area contributed by atoms with E-state index in [1.807, 2.05) is 48.8 Å². The van der Waals surface area contributed by atoms with Crippen molar-refractivity contribution in [2.75, 3.05) is 30.9 Å². The fraction of sp³-hybridized carbons (Fsp3) is 0.263. The molecule has 3 N–H and O–H groups in total. The first-order valence-electron chi connectivity index (χ1n) is 8.30. The predicted octanol–water partition coefficient (Wildman–Crippen LogP) is 1.82. The number of methoxy groups -OCH3 is 1. The molecule has 25 heavy (non-hydrogen) atoms. The van der Waals surface area contributed by atoms with Gasteiger partial charge in [0.1, 0.15) is 0 Å². The summed E-state index contributed by atoms with van der Waals surface area (Å²) in [6.45, 7) is 0.350. The van der Waals surface area contributed by atoms with Gasteiger partial charge in [0.2, 0.25) is 0 Å². The summed E-state index contributed by atoms with van der Waals surface area (Å²) in [7, 11) is 3.19. The number of nitrogens with one attached hydrogen (secondary N) is 1. The number of nitrogens with zero attached hydrogens (tertiary/aromatic N) is 1. The number of anilines is 3. The van der Waals surface area contributed by atoms with Crippen LogP contribution < -0.4 is 15.5 Å². The molecule has 3 rings (SSSR count). The maximum absolute atomic E-state index is 12.8. The minimum atomic E-state index is -0.534. The average Bonchev–Trinajstić information content (AvgIpc) is 2.78. The molecule has 0 atom stereocenters. The van der Waals surface area contributed by atoms with E-state index in [9.17, 15) is 9.59 Å². The zero-order valence-electron chi connectivity index (χ0n) is 14.4. The monoisotopic (exact) mass is 340 g/mol. The van der Waals surface area contributed by atoms with Gasteiger partial charge < -0.3 is 10.1 Å². The van der Waals surface area contributed by atoms with Crippen LogP contribution in [0.25, 0.3) is 0 Å². The molecule has 0 aromatic heterocycles. The molecule has 0 bridgehead atoms. The Balaban J connectivity index is 2.10. The van der Waals surface area contributed by atoms with Crippen molar-refractivity contribution in [3.05, 3.63) is 53.6 Å². The van der Waals surface area contributed by atoms with Crippen molar-refractivity contribution in [3.8, 4) is 0 Å². The molecule has 2 amide bonds. The highest BCUT2D eigenvalue weighted by Crippen LogP contribution is 2.37. The lowest BCUT2D eigenvalue weighted by Gasteiger charge is -2.24. The topological polar surface area (TPSA) is 75.3 Å². The van der Waals surface area contributed by atoms with Gasteiger partial charge >= 0.3 is 6.09 Å². The van der Waals surface area contributed by atoms with Crippen molar-refractivity contribution in [1.82, 2.24) is 0 Å². The number of amides is 2. The lowest BCUT2D eigenvalue weighted by Crippen LogP contribution is -2.82. The molecule has 0 fully saturated rings. The molecule has 6 heteroatoms. The molecule has 0 saturated heterocycles. The van der Waals surface area contributed by atoms with E-state index in [1.54, 1.807) is 4.90 Å². The van der Waals surface area contributed by atoms with E-state index in [0.29, 0.717) is 12.2 Å². The van der Waals surface area contributed by atoms with Crippen molar-refractivity contribution in [3.63, 3.8) is 0 Å². The standard InChI is InChI=1S/C19H21N3O3/c1-20-12-18(23)22-16-6-4-3-5-13(16)7-8-14-9-10-15(11-17(14)22)21-19(24)25-2/h3-6,9-11,20H,7-8,12H2,1-2H3,(H,21,24)/p+1. The van der Waals surface area contributed by atoms with Gasteiger partial charge in [0, 0.05) is 5.69 Å². The molecule has 0 unspecified atom stereocenters. The van der Waals surface area contributed by atoms with Gasteiger partial charge in [-0.15, -0.1) is 0 Å². The largest absolute Gasteiger partial charge is 0.453 e. The second-order valence-corrected chi connectivity index (χ2v) is 5.93. The molecule has 1 heterocycles. The molecule has 2 aromatic carbocycles. The molecule has 1 aliphatic heterocycles. The van der Waals surface area contributed by atoms with Crippen molar-refractivity contribution in [2.24, 2.45) is 0 Å². The lowest BCUT2D eigenvalue weighted by atomic mass is 10.0. The zero-order valence-corrected chi connectivity index (χ0v) is 14.4. The molecule has 0 saturated carbocycles. The van der Waals surface area contributed by atoms with Gasteiger partial charge in [-0.25, -0.2) is 4.79 Å². The van der Waals surface area contributed by atoms with Crippen LogP contribution in [0.15, 0.2) is 42.5 Å². The quantitative estimate of drug-likeness (QED) is 0.895. The van der Waals surface area contributed by atoms with Crippen LogP contribution in [0.3, 0.4) is 0 Å². The van der Waals surface area contributed by atoms with Gasteiger partial charge in [-0.1, -0.05) is 24.3 Å². The van der Waals surface area contributed by atoms with E-state index < -0.39 is 6.09 Å². The number of fused-ring (bicyclic) bond motifs is 2. The fourth-order valence-corrected chi connectivity index (χ4v) is 3.10. The number of aryl methyl sites for hydroxylation is 2. The number of quaternary nitrogens is 1. The summed E-state index contributed by atoms with van der Waals surface area (Å²) in [5, 5.41) is 4.52. The maximum atomic E-state index is 12.8. The molecule has 0 spiro atoms. The molecule has 2 aromatic rings. The van der Waals surface area contributed by atoms with E-state index in [4.69, 9.17) is 0 Å². The number of carbonyl (C=O) groups excluding carboxylic acids is 2. The summed E-state index contributed by atoms with van der Waals surface area (Å²) in [6.07, 6.45) is 1.17. The van der Waals surface area contributed by atoms with E-state index in [1.165, 1.54) is 7.11 Å². The number of para-hydroxylation sites is 1. The van der Waals surface area contributed by atoms with Gasteiger partial charge in [0.05, 0.1) is 25.5 Å². The van der Waals surface area contributed by atoms with Crippen molar-refractivity contribution in [2.45, 2.75) is 12.8 Å². The van der Waals surface area contributed by atoms with E-state index in [-0.39, 0.29) is 5.91 Å². The Morgan fingerprint density at radius 1 is 1.12 bits per heavy atom. The van der Waals surface area contributed by atoms with Gasteiger partial charge in [0.25, 0.3) is 5.91 Å². The summed E-state index contributed by atoms with van der Waals surface area (Å²) in [5.74, 6) is 0.00770. The Kier molecular flexibility index (Phi) is 5.00. The summed E-state index contributed by atoms with van der Waals surface area (Å²) in [5.41, 5.74) is 4.54. The number of hydrogen-bond donors (Lipinski definition) is 2. The summed E-state index contributed by atoms with van der Waals surface area (Å²) in [4.78, 5) is 26.1. The van der Waals surface area contributed by atoms with Crippen LogP contribution in [-0.4, -0.2) is 32.7 Å². The highest BCUT2D eigenvalue weighted by atomic mass is 16.5. The van der Waals surface area contributed by atoms with E-state index in [0.717, 1.165) is 35.3 Å². The Morgan fingerprint density at radius 2 is 1.84 bits per heavy atom. The zero-order chi connectivity index (χ0) is 17.8. The summed E-state index contributed by atoms with van der Waals surface area (Å²) < 4.78 is 4.66. The molecule has 6 nitrogen and oxygen atoms in total. The van der Waals surface area contributed by atoms with Crippen LogP contribution in [0.5, 0.6) is 0 Å². The predicted molar refractivity (Wildman–Crippen MR) is 96.2 cm³/mol. The first-order chi connectivity index (χ1) is 12.1. The second-order valence-electron chi connectivity index (χ2n) is 5.93. The molecular weight excluding hydrogens is 318 g/mol. The number of likely N-dealkylation sites (N-methyl/N-ethyl adjacent to an activating group) is 1. The number of nitrogens with two attached hydrogens (primary N) is 1. The fourth-order valence-electron chi connectivity index (χ4n) is 3.10. The Morgan fingerprint density at radius 3 is 2.56 bits per heavy atom. The van der Waals surface area contributed by atoms with E-state index in [2.05, 4.69) is 16.1 Å². The minimum absolute atomic E-state index is 0.00770. The SMILES string of the molecule is C[NH2+]CC(=O)N1c2ccccc2CCc2ccc(NC(=O)OC)cc21. The van der Waals surface area contributed by atoms with Crippen LogP contribution in [-0.2, 0) is 22.4 Å². The van der Waals surface area contributed by atoms with Gasteiger partial charge in [-0.3, -0.25) is 15.0 Å². The van der Waals surface area contributed by atoms with Crippen molar-refractivity contribution < 1.29 is 19.6 Å². The second kappa shape index (κ2) is 7.36. The third kappa shape index (κ3) is 3.49. The summed E-state index contributed by atoms with van der Waals surface area (Å²) >= 11 is 0. The van der Waals surface area contributed by atoms with E-state index >= 15 is 0 Å². The third-order valence-electron chi connectivity index (χ3n) is 4.28. The first kappa shape index (κ1) is 17.0. The number of rotatable bonds is 3. The Hall–Kier alpha value is -2.86. The van der Waals surface area contributed by atoms with Crippen molar-refractivity contribution >= 4 is 29.1 Å². The van der Waals surface area contributed by atoms with Crippen LogP contribution in [0.1, 0.15) is 11.1 Å². The smallest absolute Gasteiger partial charge is 0.411 e. The normalized spacial score (nSPS) is 12.6. The van der Waals surface area contributed by atoms with Crippen LogP contribution in [0.2, 0.25) is 0 Å². The first-order valence-corrected chi connectivity index (χ1v) is 8.30. The maximum Gasteiger partial charge on any atom is 0.411 e. The molecule has 0 aliphatic carbocycles. The number of ether oxygens (including phenoxy) is 1. The van der Waals surface area contributed by atoms with Gasteiger partial charge in [-0.2, -0.15) is 0 Å². The highest BCUT2D eigenvalue weighted by Gasteiger charge is 2.26. The number of hydrogen-bond acceptors (Lipinski definition) is 3. The highest BCUT2D eigenvalue weighted by molar-refractivity contribution is 6.03. The van der Waals surface area contributed by atoms with Crippen LogP contribution in [0, 0.1) is 0 Å². The van der Waals surface area contributed by atoms with Crippen LogP contribution in [0.4, 0.5) is 21.9 Å².